The van der Waals surface area contributed by atoms with Crippen LogP contribution in [0.3, 0.4) is 0 Å². The quantitative estimate of drug-likeness (QED) is 0.582. The molecule has 1 fully saturated rings. The molecular formula is C11H13N3O6S. The third-order valence-corrected chi connectivity index (χ3v) is 4.65. The summed E-state index contributed by atoms with van der Waals surface area (Å²) in [5.41, 5.74) is 0. The molecule has 21 heavy (non-hydrogen) atoms. The first-order valence-corrected chi connectivity index (χ1v) is 7.91. The van der Waals surface area contributed by atoms with Crippen LogP contribution >= 0.6 is 0 Å². The van der Waals surface area contributed by atoms with Crippen molar-refractivity contribution in [2.45, 2.75) is 12.5 Å². The van der Waals surface area contributed by atoms with Crippen molar-refractivity contribution in [3.63, 3.8) is 0 Å². The Balaban J connectivity index is 1.89. The highest BCUT2D eigenvalue weighted by molar-refractivity contribution is 7.91. The highest BCUT2D eigenvalue weighted by Gasteiger charge is 2.29. The zero-order valence-corrected chi connectivity index (χ0v) is 11.7. The minimum absolute atomic E-state index is 0.0485. The van der Waals surface area contributed by atoms with Crippen LogP contribution in [0.5, 0.6) is 5.75 Å². The number of carbonyl (C=O) groups excluding carboxylic acids is 1. The van der Waals surface area contributed by atoms with Crippen molar-refractivity contribution >= 4 is 21.6 Å². The summed E-state index contributed by atoms with van der Waals surface area (Å²) in [6.45, 7) is -0.441. The van der Waals surface area contributed by atoms with Crippen LogP contribution in [0.4, 0.5) is 5.82 Å². The number of amides is 1. The Kier molecular flexibility index (Phi) is 4.36. The summed E-state index contributed by atoms with van der Waals surface area (Å²) >= 11 is 0. The van der Waals surface area contributed by atoms with Gasteiger partial charge >= 0.3 is 5.82 Å². The summed E-state index contributed by atoms with van der Waals surface area (Å²) in [6.07, 6.45) is 1.61. The molecule has 0 bridgehead atoms. The molecule has 1 saturated heterocycles. The molecule has 1 atom stereocenters. The van der Waals surface area contributed by atoms with Gasteiger partial charge in [-0.2, -0.15) is 0 Å². The van der Waals surface area contributed by atoms with E-state index in [1.165, 1.54) is 18.3 Å². The van der Waals surface area contributed by atoms with E-state index in [4.69, 9.17) is 4.74 Å². The van der Waals surface area contributed by atoms with Gasteiger partial charge in [0.15, 0.2) is 16.4 Å². The van der Waals surface area contributed by atoms with Crippen LogP contribution in [0, 0.1) is 10.1 Å². The summed E-state index contributed by atoms with van der Waals surface area (Å²) in [7, 11) is -3.08. The smallest absolute Gasteiger partial charge is 0.406 e. The lowest BCUT2D eigenvalue weighted by Crippen LogP contribution is -2.38. The number of nitrogens with one attached hydrogen (secondary N) is 1. The molecule has 1 aliphatic heterocycles. The monoisotopic (exact) mass is 315 g/mol. The second-order valence-corrected chi connectivity index (χ2v) is 6.77. The van der Waals surface area contributed by atoms with Gasteiger partial charge in [-0.05, 0) is 28.5 Å². The fourth-order valence-electron chi connectivity index (χ4n) is 1.95. The first kappa shape index (κ1) is 15.2. The molecule has 1 aliphatic rings. The maximum atomic E-state index is 11.6. The van der Waals surface area contributed by atoms with Crippen molar-refractivity contribution in [3.05, 3.63) is 28.4 Å². The third-order valence-electron chi connectivity index (χ3n) is 2.88. The topological polar surface area (TPSA) is 128 Å². The summed E-state index contributed by atoms with van der Waals surface area (Å²) in [6, 6.07) is 2.34. The lowest BCUT2D eigenvalue weighted by atomic mass is 10.2. The third kappa shape index (κ3) is 4.12. The number of ether oxygens (including phenoxy) is 1. The van der Waals surface area contributed by atoms with Crippen LogP contribution < -0.4 is 10.1 Å². The van der Waals surface area contributed by atoms with Crippen LogP contribution in [-0.2, 0) is 14.6 Å². The molecule has 1 aromatic heterocycles. The van der Waals surface area contributed by atoms with Gasteiger partial charge in [0.2, 0.25) is 5.75 Å². The number of pyridine rings is 1. The van der Waals surface area contributed by atoms with E-state index >= 15 is 0 Å². The molecule has 0 aliphatic carbocycles. The Morgan fingerprint density at radius 3 is 2.95 bits per heavy atom. The van der Waals surface area contributed by atoms with Gasteiger partial charge in [0.1, 0.15) is 6.20 Å². The molecule has 0 saturated carbocycles. The molecule has 0 aromatic carbocycles. The summed E-state index contributed by atoms with van der Waals surface area (Å²) < 4.78 is 27.6. The maximum Gasteiger partial charge on any atom is 0.406 e. The Labute approximate surface area is 120 Å². The maximum absolute atomic E-state index is 11.6. The van der Waals surface area contributed by atoms with Crippen LogP contribution in [0.15, 0.2) is 18.3 Å². The number of nitrogens with zero attached hydrogens (tertiary/aromatic N) is 2. The summed E-state index contributed by atoms with van der Waals surface area (Å²) in [4.78, 5) is 25.2. The van der Waals surface area contributed by atoms with E-state index in [0.29, 0.717) is 6.42 Å². The first-order chi connectivity index (χ1) is 9.87. The van der Waals surface area contributed by atoms with Crippen molar-refractivity contribution in [3.8, 4) is 5.75 Å². The highest BCUT2D eigenvalue weighted by Crippen LogP contribution is 2.22. The normalized spacial score (nSPS) is 19.9. The Hall–Kier alpha value is -2.23. The van der Waals surface area contributed by atoms with Crippen LogP contribution in [0.1, 0.15) is 6.42 Å². The van der Waals surface area contributed by atoms with Gasteiger partial charge in [0.05, 0.1) is 11.5 Å². The molecule has 1 amide bonds. The van der Waals surface area contributed by atoms with Crippen LogP contribution in [0.2, 0.25) is 0 Å². The fraction of sp³-hybridized carbons (Fsp3) is 0.455. The number of nitro groups is 1. The fourth-order valence-corrected chi connectivity index (χ4v) is 3.63. The van der Waals surface area contributed by atoms with E-state index in [-0.39, 0.29) is 17.3 Å². The number of sulfone groups is 1. The first-order valence-electron chi connectivity index (χ1n) is 6.09. The van der Waals surface area contributed by atoms with Crippen molar-refractivity contribution in [1.82, 2.24) is 10.3 Å². The van der Waals surface area contributed by atoms with E-state index in [1.54, 1.807) is 0 Å². The summed E-state index contributed by atoms with van der Waals surface area (Å²) in [5.74, 6) is -1.17. The predicted molar refractivity (Wildman–Crippen MR) is 71.6 cm³/mol. The minimum Gasteiger partial charge on any atom is -0.476 e. The molecule has 2 rings (SSSR count). The van der Waals surface area contributed by atoms with Crippen molar-refractivity contribution in [2.75, 3.05) is 18.1 Å². The second kappa shape index (κ2) is 6.04. The van der Waals surface area contributed by atoms with E-state index in [0.717, 1.165) is 0 Å². The molecule has 0 unspecified atom stereocenters. The largest absolute Gasteiger partial charge is 0.476 e. The Bertz CT molecular complexity index is 660. The lowest BCUT2D eigenvalue weighted by Gasteiger charge is -2.11. The number of rotatable bonds is 5. The van der Waals surface area contributed by atoms with Gasteiger partial charge in [-0.15, -0.1) is 0 Å². The SMILES string of the molecule is O=C(COc1cccnc1[N+](=O)[O-])N[C@@H]1CCS(=O)(=O)C1. The Morgan fingerprint density at radius 2 is 2.33 bits per heavy atom. The average molecular weight is 315 g/mol. The number of aromatic nitrogens is 1. The lowest BCUT2D eigenvalue weighted by molar-refractivity contribution is -0.390. The molecule has 0 radical (unpaired) electrons. The van der Waals surface area contributed by atoms with Gasteiger partial charge < -0.3 is 20.2 Å². The molecule has 10 heteroatoms. The molecule has 1 aromatic rings. The molecule has 0 spiro atoms. The predicted octanol–water partition coefficient (Wildman–Crippen LogP) is -0.328. The van der Waals surface area contributed by atoms with Crippen molar-refractivity contribution < 1.29 is 22.9 Å². The standard InChI is InChI=1S/C11H13N3O6S/c15-10(13-8-3-5-21(18,19)7-8)6-20-9-2-1-4-12-11(9)14(16)17/h1-2,4,8H,3,5-7H2,(H,13,15)/t8-/m1/s1. The van der Waals surface area contributed by atoms with E-state index in [9.17, 15) is 23.3 Å². The van der Waals surface area contributed by atoms with E-state index in [1.807, 2.05) is 0 Å². The van der Waals surface area contributed by atoms with Crippen LogP contribution in [-0.4, -0.2) is 48.4 Å². The molecule has 9 nitrogen and oxygen atoms in total. The molecular weight excluding hydrogens is 302 g/mol. The average Bonchev–Trinajstić information content (AvgIpc) is 2.75. The van der Waals surface area contributed by atoms with Gasteiger partial charge in [0, 0.05) is 6.04 Å². The van der Waals surface area contributed by atoms with Gasteiger partial charge in [-0.1, -0.05) is 0 Å². The highest BCUT2D eigenvalue weighted by atomic mass is 32.2. The molecule has 1 N–H and O–H groups in total. The number of hydrogen-bond donors (Lipinski definition) is 1. The minimum atomic E-state index is -3.08. The zero-order chi connectivity index (χ0) is 15.5. The van der Waals surface area contributed by atoms with Crippen molar-refractivity contribution in [2.24, 2.45) is 0 Å². The Morgan fingerprint density at radius 1 is 1.57 bits per heavy atom. The summed E-state index contributed by atoms with van der Waals surface area (Å²) in [5, 5.41) is 13.2. The van der Waals surface area contributed by atoms with E-state index < -0.39 is 39.1 Å². The zero-order valence-electron chi connectivity index (χ0n) is 10.9. The van der Waals surface area contributed by atoms with Gasteiger partial charge in [0.25, 0.3) is 5.91 Å². The number of hydrogen-bond acceptors (Lipinski definition) is 7. The number of carbonyl (C=O) groups is 1. The van der Waals surface area contributed by atoms with Gasteiger partial charge in [-0.25, -0.2) is 8.42 Å². The molecule has 114 valence electrons. The second-order valence-electron chi connectivity index (χ2n) is 4.54. The van der Waals surface area contributed by atoms with E-state index in [2.05, 4.69) is 10.3 Å². The molecule has 2 heterocycles. The van der Waals surface area contributed by atoms with Gasteiger partial charge in [-0.3, -0.25) is 4.79 Å². The van der Waals surface area contributed by atoms with Crippen molar-refractivity contribution in [1.29, 1.82) is 0 Å². The van der Waals surface area contributed by atoms with Crippen LogP contribution in [0.25, 0.3) is 0 Å².